The Hall–Kier alpha value is -3.03. The highest BCUT2D eigenvalue weighted by Gasteiger charge is 2.44. The van der Waals surface area contributed by atoms with Crippen LogP contribution in [-0.2, 0) is 16.1 Å². The van der Waals surface area contributed by atoms with E-state index in [-0.39, 0.29) is 17.9 Å². The maximum absolute atomic E-state index is 13.5. The molecular weight excluding hydrogens is 398 g/mol. The summed E-state index contributed by atoms with van der Waals surface area (Å²) in [5, 5.41) is 5.00. The van der Waals surface area contributed by atoms with Crippen LogP contribution in [0.25, 0.3) is 0 Å². The molecule has 2 amide bonds. The number of hydrogen-bond donors (Lipinski definition) is 1. The molecule has 3 heterocycles. The quantitative estimate of drug-likeness (QED) is 0.635. The molecule has 6 nitrogen and oxygen atoms in total. The zero-order chi connectivity index (χ0) is 20.9. The Morgan fingerprint density at radius 3 is 2.73 bits per heavy atom. The number of amides is 2. The van der Waals surface area contributed by atoms with Gasteiger partial charge in [0.05, 0.1) is 30.8 Å². The molecule has 0 fully saturated rings. The lowest BCUT2D eigenvalue weighted by molar-refractivity contribution is -0.124. The number of thiophene rings is 1. The third-order valence-electron chi connectivity index (χ3n) is 5.26. The number of hydrogen-bond acceptors (Lipinski definition) is 5. The van der Waals surface area contributed by atoms with Crippen molar-refractivity contribution in [3.63, 3.8) is 0 Å². The Morgan fingerprint density at radius 2 is 2.00 bits per heavy atom. The number of benzene rings is 1. The summed E-state index contributed by atoms with van der Waals surface area (Å²) in [6, 6.07) is 16.5. The predicted octanol–water partition coefficient (Wildman–Crippen LogP) is 3.39. The second kappa shape index (κ2) is 9.19. The van der Waals surface area contributed by atoms with Gasteiger partial charge in [0, 0.05) is 30.3 Å². The number of fused-ring (bicyclic) bond motifs is 1. The van der Waals surface area contributed by atoms with Crippen LogP contribution in [0.5, 0.6) is 0 Å². The van der Waals surface area contributed by atoms with Crippen LogP contribution in [0.4, 0.5) is 0 Å². The van der Waals surface area contributed by atoms with Crippen LogP contribution in [0, 0.1) is 0 Å². The minimum Gasteiger partial charge on any atom is -0.383 e. The zero-order valence-corrected chi connectivity index (χ0v) is 17.5. The molecule has 7 heteroatoms. The van der Waals surface area contributed by atoms with Gasteiger partial charge in [-0.2, -0.15) is 0 Å². The van der Waals surface area contributed by atoms with Gasteiger partial charge in [-0.15, -0.1) is 11.3 Å². The van der Waals surface area contributed by atoms with Gasteiger partial charge in [0.1, 0.15) is 0 Å². The first-order valence-electron chi connectivity index (χ1n) is 9.80. The van der Waals surface area contributed by atoms with Crippen LogP contribution in [0.15, 0.2) is 66.2 Å². The van der Waals surface area contributed by atoms with Crippen LogP contribution >= 0.6 is 11.3 Å². The predicted molar refractivity (Wildman–Crippen MR) is 115 cm³/mol. The van der Waals surface area contributed by atoms with Gasteiger partial charge in [-0.1, -0.05) is 30.3 Å². The van der Waals surface area contributed by atoms with Gasteiger partial charge in [-0.25, -0.2) is 0 Å². The van der Waals surface area contributed by atoms with Gasteiger partial charge < -0.3 is 15.0 Å². The van der Waals surface area contributed by atoms with Crippen molar-refractivity contribution >= 4 is 23.2 Å². The second-order valence-electron chi connectivity index (χ2n) is 7.06. The van der Waals surface area contributed by atoms with Gasteiger partial charge in [-0.3, -0.25) is 14.6 Å². The molecule has 0 bridgehead atoms. The molecule has 0 aliphatic carbocycles. The molecule has 1 aliphatic heterocycles. The van der Waals surface area contributed by atoms with E-state index in [1.54, 1.807) is 35.6 Å². The number of aromatic nitrogens is 1. The van der Waals surface area contributed by atoms with Crippen molar-refractivity contribution in [1.82, 2.24) is 15.2 Å². The number of pyridine rings is 1. The summed E-state index contributed by atoms with van der Waals surface area (Å²) in [6.45, 7) is 1.15. The Morgan fingerprint density at radius 1 is 1.17 bits per heavy atom. The summed E-state index contributed by atoms with van der Waals surface area (Å²) in [7, 11) is 1.61. The number of methoxy groups -OCH3 is 1. The summed E-state index contributed by atoms with van der Waals surface area (Å²) < 4.78 is 5.25. The van der Waals surface area contributed by atoms with E-state index < -0.39 is 5.92 Å². The van der Waals surface area contributed by atoms with Crippen molar-refractivity contribution in [2.75, 3.05) is 20.3 Å². The fourth-order valence-corrected chi connectivity index (χ4v) is 4.75. The van der Waals surface area contributed by atoms with Crippen molar-refractivity contribution in [3.8, 4) is 0 Å². The minimum atomic E-state index is -0.516. The molecule has 1 aromatic carbocycles. The Balaban J connectivity index is 1.72. The zero-order valence-electron chi connectivity index (χ0n) is 16.7. The lowest BCUT2D eigenvalue weighted by atomic mass is 9.81. The first-order valence-corrected chi connectivity index (χ1v) is 10.7. The molecule has 2 aromatic heterocycles. The van der Waals surface area contributed by atoms with Gasteiger partial charge in [0.15, 0.2) is 0 Å². The first kappa shape index (κ1) is 20.3. The van der Waals surface area contributed by atoms with E-state index >= 15 is 0 Å². The Bertz CT molecular complexity index is 1010. The van der Waals surface area contributed by atoms with Crippen LogP contribution in [0.3, 0.4) is 0 Å². The molecule has 0 saturated carbocycles. The smallest absolute Gasteiger partial charge is 0.254 e. The SMILES string of the molecule is COCCN1C(=O)c2ccccc2C(C(=O)NCc2ccccn2)C1c1cccs1. The summed E-state index contributed by atoms with van der Waals surface area (Å²) >= 11 is 1.55. The van der Waals surface area contributed by atoms with E-state index in [4.69, 9.17) is 4.74 Å². The van der Waals surface area contributed by atoms with E-state index in [9.17, 15) is 9.59 Å². The molecule has 0 spiro atoms. The molecule has 4 rings (SSSR count). The molecule has 1 N–H and O–H groups in total. The minimum absolute atomic E-state index is 0.0742. The van der Waals surface area contributed by atoms with Crippen LogP contribution in [0.2, 0.25) is 0 Å². The highest BCUT2D eigenvalue weighted by atomic mass is 32.1. The Labute approximate surface area is 179 Å². The van der Waals surface area contributed by atoms with Crippen molar-refractivity contribution in [3.05, 3.63) is 87.9 Å². The molecule has 2 atom stereocenters. The first-order chi connectivity index (χ1) is 14.7. The number of rotatable bonds is 7. The van der Waals surface area contributed by atoms with Gasteiger partial charge in [0.25, 0.3) is 5.91 Å². The summed E-state index contributed by atoms with van der Waals surface area (Å²) in [5.74, 6) is -0.714. The van der Waals surface area contributed by atoms with Crippen molar-refractivity contribution in [2.45, 2.75) is 18.5 Å². The fraction of sp³-hybridized carbons (Fsp3) is 0.261. The normalized spacial score (nSPS) is 18.2. The third-order valence-corrected chi connectivity index (χ3v) is 6.20. The van der Waals surface area contributed by atoms with E-state index in [0.29, 0.717) is 25.3 Å². The molecule has 0 saturated heterocycles. The third kappa shape index (κ3) is 3.99. The van der Waals surface area contributed by atoms with Crippen LogP contribution in [-0.4, -0.2) is 42.0 Å². The highest BCUT2D eigenvalue weighted by molar-refractivity contribution is 7.10. The van der Waals surface area contributed by atoms with E-state index in [2.05, 4.69) is 10.3 Å². The van der Waals surface area contributed by atoms with Gasteiger partial charge in [-0.05, 0) is 35.2 Å². The summed E-state index contributed by atoms with van der Waals surface area (Å²) in [6.07, 6.45) is 1.71. The van der Waals surface area contributed by atoms with Crippen molar-refractivity contribution < 1.29 is 14.3 Å². The molecule has 2 unspecified atom stereocenters. The number of nitrogens with one attached hydrogen (secondary N) is 1. The van der Waals surface area contributed by atoms with Gasteiger partial charge >= 0.3 is 0 Å². The summed E-state index contributed by atoms with van der Waals surface area (Å²) in [5.41, 5.74) is 2.11. The molecule has 1 aliphatic rings. The largest absolute Gasteiger partial charge is 0.383 e. The van der Waals surface area contributed by atoms with Crippen LogP contribution < -0.4 is 5.32 Å². The lowest BCUT2D eigenvalue weighted by Crippen LogP contribution is -2.48. The van der Waals surface area contributed by atoms with E-state index in [0.717, 1.165) is 16.1 Å². The lowest BCUT2D eigenvalue weighted by Gasteiger charge is -2.41. The maximum atomic E-state index is 13.5. The molecule has 30 heavy (non-hydrogen) atoms. The monoisotopic (exact) mass is 421 g/mol. The fourth-order valence-electron chi connectivity index (χ4n) is 3.88. The summed E-state index contributed by atoms with van der Waals surface area (Å²) in [4.78, 5) is 33.8. The van der Waals surface area contributed by atoms with Gasteiger partial charge in [0.2, 0.25) is 5.91 Å². The molecule has 154 valence electrons. The standard InChI is InChI=1S/C23H23N3O3S/c1-29-13-12-26-21(19-10-6-14-30-19)20(17-8-2-3-9-18(17)23(26)28)22(27)25-15-16-7-4-5-11-24-16/h2-11,14,20-21H,12-13,15H2,1H3,(H,25,27). The number of carbonyl (C=O) groups is 2. The topological polar surface area (TPSA) is 71.5 Å². The molecular formula is C23H23N3O3S. The van der Waals surface area contributed by atoms with Crippen LogP contribution in [0.1, 0.15) is 38.5 Å². The average molecular weight is 422 g/mol. The number of carbonyl (C=O) groups excluding carboxylic acids is 2. The highest BCUT2D eigenvalue weighted by Crippen LogP contribution is 2.44. The Kier molecular flexibility index (Phi) is 6.21. The average Bonchev–Trinajstić information content (AvgIpc) is 3.32. The number of nitrogens with zero attached hydrogens (tertiary/aromatic N) is 2. The number of ether oxygens (including phenoxy) is 1. The van der Waals surface area contributed by atoms with E-state index in [1.807, 2.05) is 53.9 Å². The molecule has 3 aromatic rings. The maximum Gasteiger partial charge on any atom is 0.254 e. The second-order valence-corrected chi connectivity index (χ2v) is 8.03. The van der Waals surface area contributed by atoms with Crippen molar-refractivity contribution in [2.24, 2.45) is 0 Å². The van der Waals surface area contributed by atoms with Crippen molar-refractivity contribution in [1.29, 1.82) is 0 Å². The van der Waals surface area contributed by atoms with E-state index in [1.165, 1.54) is 0 Å². The molecule has 0 radical (unpaired) electrons.